The fraction of sp³-hybridized carbons (Fsp3) is 0.261. The number of hydrogen-bond donors (Lipinski definition) is 2. The van der Waals surface area contributed by atoms with Gasteiger partial charge in [-0.1, -0.05) is 18.2 Å². The number of amides is 3. The Labute approximate surface area is 190 Å². The van der Waals surface area contributed by atoms with Crippen molar-refractivity contribution in [3.63, 3.8) is 0 Å². The first-order valence-corrected chi connectivity index (χ1v) is 10.7. The molecule has 4 aromatic rings. The number of nitrogens with one attached hydrogen (secondary N) is 2. The number of rotatable bonds is 3. The Morgan fingerprint density at radius 2 is 1.88 bits per heavy atom. The SMILES string of the molecule is O=C1NCC(c2cc([C@@H]3C[C@H]3c3ccc4cnc(C(F)(F)F)cc4c3)c3nccn3n2)C(=O)N1. The summed E-state index contributed by atoms with van der Waals surface area (Å²) in [5, 5.41) is 10.5. The highest BCUT2D eigenvalue weighted by Crippen LogP contribution is 2.56. The van der Waals surface area contributed by atoms with E-state index in [2.05, 4.69) is 25.7 Å². The molecule has 11 heteroatoms. The Bertz CT molecular complexity index is 1480. The molecule has 1 aromatic carbocycles. The van der Waals surface area contributed by atoms with E-state index in [1.807, 2.05) is 12.1 Å². The summed E-state index contributed by atoms with van der Waals surface area (Å²) in [7, 11) is 0. The van der Waals surface area contributed by atoms with Crippen molar-refractivity contribution < 1.29 is 22.8 Å². The van der Waals surface area contributed by atoms with Crippen LogP contribution in [0.1, 0.15) is 46.7 Å². The van der Waals surface area contributed by atoms with Crippen molar-refractivity contribution in [1.82, 2.24) is 30.2 Å². The molecular formula is C23H17F3N6O2. The van der Waals surface area contributed by atoms with E-state index in [0.717, 1.165) is 23.6 Å². The summed E-state index contributed by atoms with van der Waals surface area (Å²) < 4.78 is 40.9. The molecule has 1 saturated heterocycles. The lowest BCUT2D eigenvalue weighted by Crippen LogP contribution is -2.51. The van der Waals surface area contributed by atoms with Crippen LogP contribution in [-0.2, 0) is 11.0 Å². The molecule has 2 N–H and O–H groups in total. The van der Waals surface area contributed by atoms with Gasteiger partial charge in [-0.25, -0.2) is 14.3 Å². The van der Waals surface area contributed by atoms with Crippen molar-refractivity contribution >= 4 is 28.4 Å². The molecule has 3 aromatic heterocycles. The highest BCUT2D eigenvalue weighted by Gasteiger charge is 2.42. The molecular weight excluding hydrogens is 449 g/mol. The second-order valence-electron chi connectivity index (χ2n) is 8.59. The van der Waals surface area contributed by atoms with Crippen LogP contribution >= 0.6 is 0 Å². The van der Waals surface area contributed by atoms with Gasteiger partial charge in [0.15, 0.2) is 5.65 Å². The number of pyridine rings is 1. The number of urea groups is 1. The maximum Gasteiger partial charge on any atom is 0.433 e. The Hall–Kier alpha value is -4.02. The molecule has 3 amide bonds. The van der Waals surface area contributed by atoms with E-state index in [4.69, 9.17) is 0 Å². The van der Waals surface area contributed by atoms with Gasteiger partial charge in [-0.05, 0) is 41.3 Å². The standard InChI is InChI=1S/C23H17F3N6O2/c24-23(25,26)19-6-13-5-11(1-2-12(13)9-28-19)14-7-15(14)16-8-18(31-32-4-3-27-20(16)32)17-10-29-22(34)30-21(17)33/h1-6,8-9,14-15,17H,7,10H2,(H2,29,30,33,34)/t14-,15+,17?/m0/s1. The second-order valence-corrected chi connectivity index (χ2v) is 8.59. The van der Waals surface area contributed by atoms with E-state index in [-0.39, 0.29) is 18.4 Å². The van der Waals surface area contributed by atoms with E-state index >= 15 is 0 Å². The van der Waals surface area contributed by atoms with Gasteiger partial charge in [0.25, 0.3) is 0 Å². The number of aromatic nitrogens is 4. The van der Waals surface area contributed by atoms with Crippen molar-refractivity contribution in [2.45, 2.75) is 30.4 Å². The summed E-state index contributed by atoms with van der Waals surface area (Å²) in [5.41, 5.74) is 2.11. The Morgan fingerprint density at radius 3 is 2.68 bits per heavy atom. The zero-order valence-corrected chi connectivity index (χ0v) is 17.5. The number of benzene rings is 1. The third-order valence-electron chi connectivity index (χ3n) is 6.44. The largest absolute Gasteiger partial charge is 0.433 e. The van der Waals surface area contributed by atoms with Crippen LogP contribution in [0.15, 0.2) is 48.9 Å². The predicted molar refractivity (Wildman–Crippen MR) is 114 cm³/mol. The molecule has 34 heavy (non-hydrogen) atoms. The number of fused-ring (bicyclic) bond motifs is 2. The Kier molecular flexibility index (Phi) is 4.38. The highest BCUT2D eigenvalue weighted by molar-refractivity contribution is 6.00. The number of carbonyl (C=O) groups excluding carboxylic acids is 2. The average Bonchev–Trinajstić information content (AvgIpc) is 3.45. The maximum absolute atomic E-state index is 13.1. The van der Waals surface area contributed by atoms with Gasteiger partial charge >= 0.3 is 12.2 Å². The monoisotopic (exact) mass is 466 g/mol. The first-order valence-electron chi connectivity index (χ1n) is 10.7. The number of nitrogens with zero attached hydrogens (tertiary/aromatic N) is 4. The van der Waals surface area contributed by atoms with Gasteiger partial charge in [0.1, 0.15) is 5.69 Å². The van der Waals surface area contributed by atoms with Gasteiger partial charge in [-0.2, -0.15) is 18.3 Å². The molecule has 1 saturated carbocycles. The topological polar surface area (TPSA) is 101 Å². The lowest BCUT2D eigenvalue weighted by molar-refractivity contribution is -0.141. The van der Waals surface area contributed by atoms with Crippen molar-refractivity contribution in [3.05, 3.63) is 71.4 Å². The van der Waals surface area contributed by atoms with E-state index in [0.29, 0.717) is 22.1 Å². The Balaban J connectivity index is 1.35. The minimum Gasteiger partial charge on any atom is -0.337 e. The molecule has 4 heterocycles. The maximum atomic E-state index is 13.1. The third-order valence-corrected chi connectivity index (χ3v) is 6.44. The molecule has 172 valence electrons. The number of imide groups is 1. The summed E-state index contributed by atoms with van der Waals surface area (Å²) in [5.74, 6) is -0.871. The fourth-order valence-corrected chi connectivity index (χ4v) is 4.63. The van der Waals surface area contributed by atoms with Gasteiger partial charge in [-0.3, -0.25) is 15.1 Å². The van der Waals surface area contributed by atoms with E-state index < -0.39 is 29.7 Å². The van der Waals surface area contributed by atoms with Crippen LogP contribution in [0.25, 0.3) is 16.4 Å². The van der Waals surface area contributed by atoms with Crippen LogP contribution in [0.5, 0.6) is 0 Å². The van der Waals surface area contributed by atoms with Crippen molar-refractivity contribution in [2.75, 3.05) is 6.54 Å². The first kappa shape index (κ1) is 20.6. The van der Waals surface area contributed by atoms with Gasteiger partial charge in [-0.15, -0.1) is 0 Å². The van der Waals surface area contributed by atoms with Crippen LogP contribution < -0.4 is 10.6 Å². The molecule has 0 bridgehead atoms. The molecule has 3 atom stereocenters. The fourth-order valence-electron chi connectivity index (χ4n) is 4.63. The lowest BCUT2D eigenvalue weighted by Gasteiger charge is -2.22. The molecule has 1 unspecified atom stereocenters. The van der Waals surface area contributed by atoms with E-state index in [1.54, 1.807) is 29.0 Å². The second kappa shape index (κ2) is 7.24. The van der Waals surface area contributed by atoms with E-state index in [9.17, 15) is 22.8 Å². The summed E-state index contributed by atoms with van der Waals surface area (Å²) in [4.78, 5) is 31.7. The normalized spacial score (nSPS) is 22.6. The molecule has 0 radical (unpaired) electrons. The molecule has 8 nitrogen and oxygen atoms in total. The Morgan fingerprint density at radius 1 is 1.03 bits per heavy atom. The summed E-state index contributed by atoms with van der Waals surface area (Å²) in [6.45, 7) is 0.144. The summed E-state index contributed by atoms with van der Waals surface area (Å²) in [6, 6.07) is 7.87. The number of alkyl halides is 3. The average molecular weight is 466 g/mol. The molecule has 6 rings (SSSR count). The minimum atomic E-state index is -4.50. The minimum absolute atomic E-state index is 0.0780. The van der Waals surface area contributed by atoms with Gasteiger partial charge < -0.3 is 5.32 Å². The summed E-state index contributed by atoms with van der Waals surface area (Å²) in [6.07, 6.45) is 0.848. The third kappa shape index (κ3) is 3.44. The smallest absolute Gasteiger partial charge is 0.337 e. The van der Waals surface area contributed by atoms with Crippen LogP contribution in [-0.4, -0.2) is 38.1 Å². The van der Waals surface area contributed by atoms with Gasteiger partial charge in [0.2, 0.25) is 5.91 Å². The van der Waals surface area contributed by atoms with Crippen LogP contribution in [0, 0.1) is 0 Å². The van der Waals surface area contributed by atoms with Crippen LogP contribution in [0.3, 0.4) is 0 Å². The van der Waals surface area contributed by atoms with Crippen molar-refractivity contribution in [2.24, 2.45) is 0 Å². The molecule has 2 aliphatic rings. The molecule has 0 spiro atoms. The number of hydrogen-bond acceptors (Lipinski definition) is 5. The van der Waals surface area contributed by atoms with Crippen molar-refractivity contribution in [1.29, 1.82) is 0 Å². The number of halogens is 3. The van der Waals surface area contributed by atoms with Gasteiger partial charge in [0.05, 0.1) is 11.6 Å². The van der Waals surface area contributed by atoms with Gasteiger partial charge in [0, 0.05) is 36.1 Å². The number of carbonyl (C=O) groups is 2. The zero-order valence-electron chi connectivity index (χ0n) is 17.5. The van der Waals surface area contributed by atoms with Crippen LogP contribution in [0.2, 0.25) is 0 Å². The number of imidazole rings is 1. The lowest BCUT2D eigenvalue weighted by atomic mass is 9.98. The first-order chi connectivity index (χ1) is 16.3. The van der Waals surface area contributed by atoms with Crippen LogP contribution in [0.4, 0.5) is 18.0 Å². The molecule has 1 aliphatic heterocycles. The zero-order chi connectivity index (χ0) is 23.6. The quantitative estimate of drug-likeness (QED) is 0.481. The molecule has 1 aliphatic carbocycles. The molecule has 2 fully saturated rings. The highest BCUT2D eigenvalue weighted by atomic mass is 19.4. The summed E-state index contributed by atoms with van der Waals surface area (Å²) >= 11 is 0. The predicted octanol–water partition coefficient (Wildman–Crippen LogP) is 3.49. The van der Waals surface area contributed by atoms with E-state index in [1.165, 1.54) is 6.20 Å². The van der Waals surface area contributed by atoms with Crippen molar-refractivity contribution in [3.8, 4) is 0 Å².